The van der Waals surface area contributed by atoms with Gasteiger partial charge in [-0.25, -0.2) is 4.79 Å². The first kappa shape index (κ1) is 17.5. The van der Waals surface area contributed by atoms with Crippen molar-refractivity contribution < 1.29 is 23.8 Å². The third kappa shape index (κ3) is 4.00. The zero-order chi connectivity index (χ0) is 17.1. The number of rotatable bonds is 6. The molecular weight excluding hydrogens is 308 g/mol. The summed E-state index contributed by atoms with van der Waals surface area (Å²) in [6, 6.07) is 0. The molecule has 0 aromatic rings. The van der Waals surface area contributed by atoms with Crippen molar-refractivity contribution in [3.63, 3.8) is 0 Å². The maximum absolute atomic E-state index is 12.4. The molecule has 4 unspecified atom stereocenters. The van der Waals surface area contributed by atoms with Crippen LogP contribution in [0.5, 0.6) is 0 Å². The molecule has 5 nitrogen and oxygen atoms in total. The van der Waals surface area contributed by atoms with E-state index in [1.54, 1.807) is 6.92 Å². The molecule has 0 aromatic carbocycles. The Morgan fingerprint density at radius 1 is 1.08 bits per heavy atom. The first-order chi connectivity index (χ1) is 11.5. The molecule has 4 atom stereocenters. The van der Waals surface area contributed by atoms with Gasteiger partial charge in [0.1, 0.15) is 6.10 Å². The molecule has 3 aliphatic rings. The molecule has 3 fully saturated rings. The number of carbonyl (C=O) groups is 2. The maximum atomic E-state index is 12.4. The van der Waals surface area contributed by atoms with Crippen molar-refractivity contribution >= 4 is 11.9 Å². The molecule has 0 N–H and O–H groups in total. The van der Waals surface area contributed by atoms with Crippen LogP contribution in [0.15, 0.2) is 12.2 Å². The van der Waals surface area contributed by atoms with E-state index in [2.05, 4.69) is 6.58 Å². The minimum absolute atomic E-state index is 0.0492. The fourth-order valence-corrected chi connectivity index (χ4v) is 4.46. The SMILES string of the molecule is C=C(C)C(=O)OC1CC2CC(C(=O)OCOC3CCCCC3)C1C2. The van der Waals surface area contributed by atoms with Crippen molar-refractivity contribution in [3.05, 3.63) is 12.2 Å². The molecular formula is C19H28O5. The van der Waals surface area contributed by atoms with Crippen LogP contribution in [0.1, 0.15) is 58.3 Å². The third-order valence-corrected chi connectivity index (χ3v) is 5.72. The van der Waals surface area contributed by atoms with Crippen LogP contribution in [-0.4, -0.2) is 30.9 Å². The molecule has 0 aromatic heterocycles. The van der Waals surface area contributed by atoms with Crippen molar-refractivity contribution in [1.82, 2.24) is 0 Å². The summed E-state index contributed by atoms with van der Waals surface area (Å²) in [7, 11) is 0. The summed E-state index contributed by atoms with van der Waals surface area (Å²) in [6.45, 7) is 5.31. The molecule has 3 aliphatic carbocycles. The lowest BCUT2D eigenvalue weighted by atomic mass is 9.86. The second-order valence-electron chi connectivity index (χ2n) is 7.58. The minimum Gasteiger partial charge on any atom is -0.459 e. The smallest absolute Gasteiger partial charge is 0.333 e. The highest BCUT2D eigenvalue weighted by Crippen LogP contribution is 2.50. The Morgan fingerprint density at radius 3 is 2.50 bits per heavy atom. The Kier molecular flexibility index (Phi) is 5.59. The molecule has 0 aliphatic heterocycles. The molecule has 0 saturated heterocycles. The van der Waals surface area contributed by atoms with Gasteiger partial charge in [0.2, 0.25) is 0 Å². The lowest BCUT2D eigenvalue weighted by Crippen LogP contribution is -2.35. The highest BCUT2D eigenvalue weighted by Gasteiger charge is 2.51. The van der Waals surface area contributed by atoms with Gasteiger partial charge in [-0.05, 0) is 44.9 Å². The van der Waals surface area contributed by atoms with Crippen LogP contribution < -0.4 is 0 Å². The Bertz CT molecular complexity index is 494. The van der Waals surface area contributed by atoms with E-state index in [9.17, 15) is 9.59 Å². The molecule has 5 heteroatoms. The van der Waals surface area contributed by atoms with Gasteiger partial charge in [-0.2, -0.15) is 0 Å². The van der Waals surface area contributed by atoms with E-state index in [0.717, 1.165) is 32.1 Å². The van der Waals surface area contributed by atoms with Gasteiger partial charge in [0.05, 0.1) is 12.0 Å². The van der Waals surface area contributed by atoms with Crippen LogP contribution in [0, 0.1) is 17.8 Å². The Balaban J connectivity index is 1.45. The lowest BCUT2D eigenvalue weighted by Gasteiger charge is -2.28. The Labute approximate surface area is 143 Å². The molecule has 3 rings (SSSR count). The van der Waals surface area contributed by atoms with Crippen molar-refractivity contribution in [3.8, 4) is 0 Å². The van der Waals surface area contributed by atoms with Gasteiger partial charge in [0.15, 0.2) is 6.79 Å². The van der Waals surface area contributed by atoms with Gasteiger partial charge in [-0.15, -0.1) is 0 Å². The molecule has 0 spiro atoms. The standard InChI is InChI=1S/C19H28O5/c1-12(2)18(20)24-17-10-13-8-15(17)16(9-13)19(21)23-11-22-14-6-4-3-5-7-14/h13-17H,1,3-11H2,2H3. The topological polar surface area (TPSA) is 61.8 Å². The Hall–Kier alpha value is -1.36. The number of hydrogen-bond donors (Lipinski definition) is 0. The zero-order valence-corrected chi connectivity index (χ0v) is 14.5. The van der Waals surface area contributed by atoms with E-state index in [-0.39, 0.29) is 42.8 Å². The highest BCUT2D eigenvalue weighted by molar-refractivity contribution is 5.87. The molecule has 0 radical (unpaired) electrons. The van der Waals surface area contributed by atoms with Crippen LogP contribution in [0.25, 0.3) is 0 Å². The lowest BCUT2D eigenvalue weighted by molar-refractivity contribution is -0.172. The predicted molar refractivity (Wildman–Crippen MR) is 87.9 cm³/mol. The predicted octanol–water partition coefficient (Wildman–Crippen LogP) is 3.37. The first-order valence-corrected chi connectivity index (χ1v) is 9.19. The van der Waals surface area contributed by atoms with Gasteiger partial charge in [0.25, 0.3) is 0 Å². The summed E-state index contributed by atoms with van der Waals surface area (Å²) >= 11 is 0. The highest BCUT2D eigenvalue weighted by atomic mass is 16.7. The number of carbonyl (C=O) groups excluding carboxylic acids is 2. The largest absolute Gasteiger partial charge is 0.459 e. The van der Waals surface area contributed by atoms with E-state index in [0.29, 0.717) is 11.5 Å². The fraction of sp³-hybridized carbons (Fsp3) is 0.789. The molecule has 3 saturated carbocycles. The van der Waals surface area contributed by atoms with Gasteiger partial charge in [0, 0.05) is 11.5 Å². The van der Waals surface area contributed by atoms with Crippen LogP contribution >= 0.6 is 0 Å². The summed E-state index contributed by atoms with van der Waals surface area (Å²) in [4.78, 5) is 24.1. The monoisotopic (exact) mass is 336 g/mol. The van der Waals surface area contributed by atoms with Crippen LogP contribution in [-0.2, 0) is 23.8 Å². The molecule has 134 valence electrons. The van der Waals surface area contributed by atoms with E-state index in [1.165, 1.54) is 19.3 Å². The van der Waals surface area contributed by atoms with Crippen LogP contribution in [0.3, 0.4) is 0 Å². The summed E-state index contributed by atoms with van der Waals surface area (Å²) in [5, 5.41) is 0. The van der Waals surface area contributed by atoms with Gasteiger partial charge >= 0.3 is 11.9 Å². The van der Waals surface area contributed by atoms with Crippen molar-refractivity contribution in [2.75, 3.05) is 6.79 Å². The van der Waals surface area contributed by atoms with Gasteiger partial charge < -0.3 is 14.2 Å². The van der Waals surface area contributed by atoms with Crippen LogP contribution in [0.2, 0.25) is 0 Å². The van der Waals surface area contributed by atoms with Gasteiger partial charge in [-0.1, -0.05) is 25.8 Å². The zero-order valence-electron chi connectivity index (χ0n) is 14.5. The molecule has 2 bridgehead atoms. The second-order valence-corrected chi connectivity index (χ2v) is 7.58. The Morgan fingerprint density at radius 2 is 1.83 bits per heavy atom. The maximum Gasteiger partial charge on any atom is 0.333 e. The number of fused-ring (bicyclic) bond motifs is 2. The average Bonchev–Trinajstić information content (AvgIpc) is 3.16. The van der Waals surface area contributed by atoms with E-state index < -0.39 is 0 Å². The summed E-state index contributed by atoms with van der Waals surface area (Å²) in [5.74, 6) is -0.188. The fourth-order valence-electron chi connectivity index (χ4n) is 4.46. The van der Waals surface area contributed by atoms with E-state index >= 15 is 0 Å². The molecule has 0 amide bonds. The summed E-state index contributed by atoms with van der Waals surface area (Å²) in [5.41, 5.74) is 0.401. The number of esters is 2. The minimum atomic E-state index is -0.361. The summed E-state index contributed by atoms with van der Waals surface area (Å²) < 4.78 is 16.5. The second kappa shape index (κ2) is 7.68. The number of hydrogen-bond acceptors (Lipinski definition) is 5. The quantitative estimate of drug-likeness (QED) is 0.423. The van der Waals surface area contributed by atoms with Crippen molar-refractivity contribution in [2.45, 2.75) is 70.5 Å². The average molecular weight is 336 g/mol. The van der Waals surface area contributed by atoms with E-state index in [1.807, 2.05) is 0 Å². The first-order valence-electron chi connectivity index (χ1n) is 9.19. The molecule has 0 heterocycles. The van der Waals surface area contributed by atoms with Crippen molar-refractivity contribution in [2.24, 2.45) is 17.8 Å². The number of ether oxygens (including phenoxy) is 3. The summed E-state index contributed by atoms with van der Waals surface area (Å²) in [6.07, 6.45) is 8.48. The third-order valence-electron chi connectivity index (χ3n) is 5.72. The normalized spacial score (nSPS) is 32.5. The van der Waals surface area contributed by atoms with Gasteiger partial charge in [-0.3, -0.25) is 4.79 Å². The van der Waals surface area contributed by atoms with E-state index in [4.69, 9.17) is 14.2 Å². The van der Waals surface area contributed by atoms with Crippen molar-refractivity contribution in [1.29, 1.82) is 0 Å². The van der Waals surface area contributed by atoms with Crippen LogP contribution in [0.4, 0.5) is 0 Å². The molecule has 24 heavy (non-hydrogen) atoms.